The number of aryl methyl sites for hydroxylation is 1. The molecule has 0 atom stereocenters. The fraction of sp³-hybridized carbons (Fsp3) is 0.146. The van der Waals surface area contributed by atoms with E-state index in [1.807, 2.05) is 0 Å². The Morgan fingerprint density at radius 2 is 1.49 bits per heavy atom. The molecule has 1 aliphatic carbocycles. The molecule has 43 heavy (non-hydrogen) atoms. The predicted octanol–water partition coefficient (Wildman–Crippen LogP) is 10.1. The van der Waals surface area contributed by atoms with Gasteiger partial charge in [-0.25, -0.2) is 4.99 Å². The first-order valence-electron chi connectivity index (χ1n) is 15.6. The average molecular weight is 555 g/mol. The first-order chi connectivity index (χ1) is 21.3. The Morgan fingerprint density at radius 1 is 0.721 bits per heavy atom. The monoisotopic (exact) mass is 554 g/mol. The molecule has 8 rings (SSSR count). The molecule has 0 unspecified atom stereocenters. The van der Waals surface area contributed by atoms with Crippen LogP contribution in [-0.4, -0.2) is 10.3 Å². The lowest BCUT2D eigenvalue weighted by Gasteiger charge is -2.08. The van der Waals surface area contributed by atoms with Crippen LogP contribution in [0.3, 0.4) is 0 Å². The van der Waals surface area contributed by atoms with Gasteiger partial charge in [-0.05, 0) is 76.6 Å². The largest absolute Gasteiger partial charge is 0.340 e. The molecule has 2 heterocycles. The number of rotatable bonds is 7. The van der Waals surface area contributed by atoms with Crippen LogP contribution in [0.4, 0.5) is 5.69 Å². The van der Waals surface area contributed by atoms with E-state index in [0.29, 0.717) is 0 Å². The number of hydrogen-bond donors (Lipinski definition) is 0. The summed E-state index contributed by atoms with van der Waals surface area (Å²) >= 11 is 0. The second-order valence-corrected chi connectivity index (χ2v) is 11.7. The zero-order chi connectivity index (χ0) is 28.8. The maximum absolute atomic E-state index is 5.01. The van der Waals surface area contributed by atoms with Gasteiger partial charge in [0.15, 0.2) is 0 Å². The van der Waals surface area contributed by atoms with E-state index in [4.69, 9.17) is 4.99 Å². The standard InChI is InChI=1S/C41H34N2/c1-2-3-27-43-37(34-18-8-14-30-16-10-20-38(43)41(30)34)26-24-32-22-21-31(39(32)28-11-5-4-6-12-28)23-25-35-33-17-7-13-29-15-9-19-36(42-35)40(29)33/h4-20,23-26H,2-3,21-22,27H2,1H3. The van der Waals surface area contributed by atoms with Crippen LogP contribution in [0.25, 0.3) is 44.1 Å². The van der Waals surface area contributed by atoms with Crippen LogP contribution in [0, 0.1) is 0 Å². The molecule has 0 radical (unpaired) electrons. The highest BCUT2D eigenvalue weighted by Crippen LogP contribution is 2.40. The highest BCUT2D eigenvalue weighted by molar-refractivity contribution is 6.24. The second-order valence-electron chi connectivity index (χ2n) is 11.7. The number of benzene rings is 5. The molecule has 6 aromatic rings. The van der Waals surface area contributed by atoms with Crippen LogP contribution in [0.1, 0.15) is 43.7 Å². The van der Waals surface area contributed by atoms with E-state index >= 15 is 0 Å². The van der Waals surface area contributed by atoms with Gasteiger partial charge in [0.05, 0.1) is 11.4 Å². The summed E-state index contributed by atoms with van der Waals surface area (Å²) in [5.74, 6) is 0. The molecule has 0 N–H and O–H groups in total. The van der Waals surface area contributed by atoms with Gasteiger partial charge < -0.3 is 4.57 Å². The quantitative estimate of drug-likeness (QED) is 0.187. The molecule has 2 nitrogen and oxygen atoms in total. The van der Waals surface area contributed by atoms with E-state index in [1.54, 1.807) is 0 Å². The first kappa shape index (κ1) is 25.7. The van der Waals surface area contributed by atoms with Gasteiger partial charge in [0, 0.05) is 39.1 Å². The number of unbranched alkanes of at least 4 members (excludes halogenated alkanes) is 1. The average Bonchev–Trinajstić information content (AvgIpc) is 3.72. The minimum Gasteiger partial charge on any atom is -0.340 e. The molecular formula is C41H34N2. The number of allylic oxidation sites excluding steroid dienone is 6. The summed E-state index contributed by atoms with van der Waals surface area (Å²) in [6.45, 7) is 3.31. The summed E-state index contributed by atoms with van der Waals surface area (Å²) in [5, 5.41) is 7.88. The summed E-state index contributed by atoms with van der Waals surface area (Å²) < 4.78 is 2.54. The maximum atomic E-state index is 5.01. The summed E-state index contributed by atoms with van der Waals surface area (Å²) in [7, 11) is 0. The third-order valence-corrected chi connectivity index (χ3v) is 9.13. The predicted molar refractivity (Wildman–Crippen MR) is 184 cm³/mol. The Bertz CT molecular complexity index is 2190. The van der Waals surface area contributed by atoms with Crippen LogP contribution in [-0.2, 0) is 6.54 Å². The highest BCUT2D eigenvalue weighted by atomic mass is 15.0. The Morgan fingerprint density at radius 3 is 2.33 bits per heavy atom. The minimum atomic E-state index is 1.02. The van der Waals surface area contributed by atoms with Gasteiger partial charge in [-0.15, -0.1) is 0 Å². The second kappa shape index (κ2) is 10.7. The third kappa shape index (κ3) is 4.37. The van der Waals surface area contributed by atoms with Crippen molar-refractivity contribution in [2.45, 2.75) is 39.2 Å². The lowest BCUT2D eigenvalue weighted by Crippen LogP contribution is -2.16. The zero-order valence-corrected chi connectivity index (χ0v) is 24.6. The van der Waals surface area contributed by atoms with Crippen molar-refractivity contribution in [3.8, 4) is 0 Å². The number of nitrogens with zero attached hydrogens (tertiary/aromatic N) is 2. The molecule has 5 aromatic carbocycles. The van der Waals surface area contributed by atoms with Crippen molar-refractivity contribution in [2.24, 2.45) is 4.99 Å². The molecular weight excluding hydrogens is 520 g/mol. The van der Waals surface area contributed by atoms with Crippen LogP contribution in [0.15, 0.2) is 137 Å². The fourth-order valence-electron chi connectivity index (χ4n) is 7.11. The van der Waals surface area contributed by atoms with E-state index in [2.05, 4.69) is 139 Å². The van der Waals surface area contributed by atoms with Gasteiger partial charge in [0.1, 0.15) is 0 Å². The van der Waals surface area contributed by atoms with Crippen molar-refractivity contribution in [1.82, 2.24) is 4.57 Å². The molecule has 2 heteroatoms. The summed E-state index contributed by atoms with van der Waals surface area (Å²) in [4.78, 5) is 5.01. The van der Waals surface area contributed by atoms with Gasteiger partial charge in [0.2, 0.25) is 0 Å². The Labute approximate surface area is 252 Å². The van der Waals surface area contributed by atoms with Crippen LogP contribution >= 0.6 is 0 Å². The van der Waals surface area contributed by atoms with Gasteiger partial charge >= 0.3 is 0 Å². The summed E-state index contributed by atoms with van der Waals surface area (Å²) in [6.07, 6.45) is 13.7. The number of hydrogen-bond acceptors (Lipinski definition) is 1. The number of aliphatic imine (C=N–C) groups is 1. The van der Waals surface area contributed by atoms with Gasteiger partial charge in [-0.3, -0.25) is 0 Å². The van der Waals surface area contributed by atoms with E-state index < -0.39 is 0 Å². The number of aromatic nitrogens is 1. The summed E-state index contributed by atoms with van der Waals surface area (Å²) in [5.41, 5.74) is 10.1. The van der Waals surface area contributed by atoms with Crippen LogP contribution < -0.4 is 5.35 Å². The lowest BCUT2D eigenvalue weighted by molar-refractivity contribution is 0.640. The molecule has 0 amide bonds. The SMILES string of the molecule is CCCCn1c(=CC=C2CCC(C=CC3=Nc4cccc5cccc3c45)=C2c2ccccc2)c2cccc3cccc1c32. The van der Waals surface area contributed by atoms with Crippen molar-refractivity contribution in [1.29, 1.82) is 0 Å². The Balaban J connectivity index is 1.25. The van der Waals surface area contributed by atoms with E-state index in [1.165, 1.54) is 78.5 Å². The van der Waals surface area contributed by atoms with E-state index in [0.717, 1.165) is 30.8 Å². The third-order valence-electron chi connectivity index (χ3n) is 9.13. The Kier molecular flexibility index (Phi) is 6.41. The fourth-order valence-corrected chi connectivity index (χ4v) is 7.11. The molecule has 0 spiro atoms. The van der Waals surface area contributed by atoms with Crippen molar-refractivity contribution in [3.05, 3.63) is 149 Å². The molecule has 0 saturated carbocycles. The molecule has 208 valence electrons. The normalized spacial score (nSPS) is 16.3. The smallest absolute Gasteiger partial charge is 0.0722 e. The first-order valence-corrected chi connectivity index (χ1v) is 15.6. The van der Waals surface area contributed by atoms with Crippen LogP contribution in [0.5, 0.6) is 0 Å². The van der Waals surface area contributed by atoms with E-state index in [9.17, 15) is 0 Å². The molecule has 2 aliphatic rings. The van der Waals surface area contributed by atoms with Crippen molar-refractivity contribution in [3.63, 3.8) is 0 Å². The van der Waals surface area contributed by atoms with Gasteiger partial charge in [-0.2, -0.15) is 0 Å². The van der Waals surface area contributed by atoms with Crippen LogP contribution in [0.2, 0.25) is 0 Å². The highest BCUT2D eigenvalue weighted by Gasteiger charge is 2.21. The van der Waals surface area contributed by atoms with Crippen molar-refractivity contribution >= 4 is 55.5 Å². The topological polar surface area (TPSA) is 17.3 Å². The van der Waals surface area contributed by atoms with Gasteiger partial charge in [0.25, 0.3) is 0 Å². The molecule has 0 bridgehead atoms. The zero-order valence-electron chi connectivity index (χ0n) is 24.6. The summed E-state index contributed by atoms with van der Waals surface area (Å²) in [6, 6.07) is 37.3. The lowest BCUT2D eigenvalue weighted by atomic mass is 9.97. The van der Waals surface area contributed by atoms with Gasteiger partial charge in [-0.1, -0.05) is 116 Å². The van der Waals surface area contributed by atoms with Crippen molar-refractivity contribution < 1.29 is 0 Å². The van der Waals surface area contributed by atoms with Crippen molar-refractivity contribution in [2.75, 3.05) is 0 Å². The van der Waals surface area contributed by atoms with E-state index in [-0.39, 0.29) is 0 Å². The maximum Gasteiger partial charge on any atom is 0.0722 e. The molecule has 0 saturated heterocycles. The minimum absolute atomic E-state index is 1.02. The molecule has 0 fully saturated rings. The molecule has 1 aliphatic heterocycles. The Hall–Kier alpha value is -4.95. The molecule has 1 aromatic heterocycles.